The number of fused-ring (bicyclic) bond motifs is 2. The lowest BCUT2D eigenvalue weighted by atomic mass is 9.95. The van der Waals surface area contributed by atoms with Gasteiger partial charge in [-0.1, -0.05) is 24.1 Å². The van der Waals surface area contributed by atoms with Gasteiger partial charge in [0.1, 0.15) is 6.33 Å². The van der Waals surface area contributed by atoms with Gasteiger partial charge >= 0.3 is 0 Å². The summed E-state index contributed by atoms with van der Waals surface area (Å²) in [5, 5.41) is 7.43. The van der Waals surface area contributed by atoms with Crippen molar-refractivity contribution in [3.8, 4) is 5.69 Å². The van der Waals surface area contributed by atoms with Crippen molar-refractivity contribution in [3.63, 3.8) is 0 Å². The van der Waals surface area contributed by atoms with Gasteiger partial charge in [0.25, 0.3) is 5.91 Å². The fourth-order valence-corrected chi connectivity index (χ4v) is 3.84. The lowest BCUT2D eigenvalue weighted by Crippen LogP contribution is -2.39. The van der Waals surface area contributed by atoms with Gasteiger partial charge in [0.15, 0.2) is 0 Å². The Morgan fingerprint density at radius 3 is 2.73 bits per heavy atom. The smallest absolute Gasteiger partial charge is 0.291 e. The largest absolute Gasteiger partial charge is 0.346 e. The van der Waals surface area contributed by atoms with Crippen LogP contribution in [0.2, 0.25) is 0 Å². The molecule has 2 aliphatic rings. The maximum atomic E-state index is 12.3. The molecule has 3 atom stereocenters. The van der Waals surface area contributed by atoms with E-state index in [1.807, 2.05) is 31.2 Å². The quantitative estimate of drug-likeness (QED) is 0.946. The van der Waals surface area contributed by atoms with Crippen molar-refractivity contribution < 1.29 is 4.79 Å². The highest BCUT2D eigenvalue weighted by atomic mass is 16.2. The third kappa shape index (κ3) is 2.40. The van der Waals surface area contributed by atoms with Crippen molar-refractivity contribution >= 4 is 5.91 Å². The monoisotopic (exact) mass is 296 g/mol. The van der Waals surface area contributed by atoms with Crippen LogP contribution in [0.1, 0.15) is 41.9 Å². The first-order chi connectivity index (χ1) is 10.7. The van der Waals surface area contributed by atoms with Crippen LogP contribution in [0.25, 0.3) is 5.69 Å². The molecule has 2 aliphatic carbocycles. The van der Waals surface area contributed by atoms with E-state index >= 15 is 0 Å². The summed E-state index contributed by atoms with van der Waals surface area (Å²) in [5.41, 5.74) is 2.11. The Hall–Kier alpha value is -2.17. The minimum Gasteiger partial charge on any atom is -0.346 e. The zero-order chi connectivity index (χ0) is 15.1. The van der Waals surface area contributed by atoms with Crippen molar-refractivity contribution in [2.75, 3.05) is 0 Å². The SMILES string of the molecule is Cc1ccc(-n2cnc(C(=O)NC3CC4CCC3C4)n2)cc1. The van der Waals surface area contributed by atoms with Crippen LogP contribution in [0, 0.1) is 18.8 Å². The van der Waals surface area contributed by atoms with Crippen molar-refractivity contribution in [3.05, 3.63) is 42.0 Å². The summed E-state index contributed by atoms with van der Waals surface area (Å²) in [7, 11) is 0. The zero-order valence-corrected chi connectivity index (χ0v) is 12.7. The maximum absolute atomic E-state index is 12.3. The van der Waals surface area contributed by atoms with Gasteiger partial charge in [0.2, 0.25) is 5.82 Å². The minimum atomic E-state index is -0.150. The van der Waals surface area contributed by atoms with E-state index in [0.29, 0.717) is 12.0 Å². The first-order valence-electron chi connectivity index (χ1n) is 7.98. The van der Waals surface area contributed by atoms with Gasteiger partial charge in [-0.25, -0.2) is 9.67 Å². The molecular formula is C17H20N4O. The molecule has 22 heavy (non-hydrogen) atoms. The number of nitrogens with one attached hydrogen (secondary N) is 1. The van der Waals surface area contributed by atoms with Gasteiger partial charge in [-0.2, -0.15) is 0 Å². The number of benzene rings is 1. The predicted octanol–water partition coefficient (Wildman–Crippen LogP) is 2.49. The third-order valence-corrected chi connectivity index (χ3v) is 5.05. The summed E-state index contributed by atoms with van der Waals surface area (Å²) in [6, 6.07) is 8.30. The molecule has 1 aromatic carbocycles. The fraction of sp³-hybridized carbons (Fsp3) is 0.471. The second-order valence-corrected chi connectivity index (χ2v) is 6.60. The molecule has 2 fully saturated rings. The second kappa shape index (κ2) is 5.23. The van der Waals surface area contributed by atoms with E-state index in [9.17, 15) is 4.79 Å². The molecule has 3 unspecified atom stereocenters. The van der Waals surface area contributed by atoms with Crippen molar-refractivity contribution in [1.29, 1.82) is 0 Å². The summed E-state index contributed by atoms with van der Waals surface area (Å²) in [6.45, 7) is 2.04. The molecule has 1 aromatic heterocycles. The van der Waals surface area contributed by atoms with E-state index in [1.165, 1.54) is 24.8 Å². The van der Waals surface area contributed by atoms with Crippen molar-refractivity contribution in [2.45, 2.75) is 38.6 Å². The van der Waals surface area contributed by atoms with Crippen LogP contribution in [-0.2, 0) is 0 Å². The number of rotatable bonds is 3. The molecule has 1 amide bonds. The molecule has 0 spiro atoms. The first-order valence-corrected chi connectivity index (χ1v) is 7.98. The van der Waals surface area contributed by atoms with Crippen LogP contribution in [0.4, 0.5) is 0 Å². The summed E-state index contributed by atoms with van der Waals surface area (Å²) >= 11 is 0. The molecule has 2 bridgehead atoms. The number of hydrogen-bond acceptors (Lipinski definition) is 3. The maximum Gasteiger partial charge on any atom is 0.291 e. The van der Waals surface area contributed by atoms with E-state index in [1.54, 1.807) is 11.0 Å². The van der Waals surface area contributed by atoms with Gasteiger partial charge in [-0.3, -0.25) is 4.79 Å². The number of carbonyl (C=O) groups is 1. The molecule has 5 heteroatoms. The molecule has 1 heterocycles. The summed E-state index contributed by atoms with van der Waals surface area (Å²) in [4.78, 5) is 16.5. The molecule has 5 nitrogen and oxygen atoms in total. The van der Waals surface area contributed by atoms with E-state index in [4.69, 9.17) is 0 Å². The molecular weight excluding hydrogens is 276 g/mol. The average molecular weight is 296 g/mol. The number of nitrogens with zero attached hydrogens (tertiary/aromatic N) is 3. The third-order valence-electron chi connectivity index (χ3n) is 5.05. The lowest BCUT2D eigenvalue weighted by Gasteiger charge is -2.22. The van der Waals surface area contributed by atoms with Gasteiger partial charge in [-0.05, 0) is 50.2 Å². The zero-order valence-electron chi connectivity index (χ0n) is 12.7. The van der Waals surface area contributed by atoms with E-state index in [-0.39, 0.29) is 11.7 Å². The van der Waals surface area contributed by atoms with E-state index in [2.05, 4.69) is 15.4 Å². The topological polar surface area (TPSA) is 59.8 Å². The Kier molecular flexibility index (Phi) is 3.21. The van der Waals surface area contributed by atoms with Crippen LogP contribution >= 0.6 is 0 Å². The minimum absolute atomic E-state index is 0.150. The number of aryl methyl sites for hydroxylation is 1. The van der Waals surface area contributed by atoms with Crippen LogP contribution in [0.3, 0.4) is 0 Å². The Bertz CT molecular complexity index is 691. The first kappa shape index (κ1) is 13.5. The van der Waals surface area contributed by atoms with Crippen LogP contribution in [0.5, 0.6) is 0 Å². The second-order valence-electron chi connectivity index (χ2n) is 6.60. The van der Waals surface area contributed by atoms with Crippen molar-refractivity contribution in [2.24, 2.45) is 11.8 Å². The van der Waals surface area contributed by atoms with Crippen molar-refractivity contribution in [1.82, 2.24) is 20.1 Å². The highest BCUT2D eigenvalue weighted by Gasteiger charge is 2.40. The number of hydrogen-bond donors (Lipinski definition) is 1. The Balaban J connectivity index is 1.46. The molecule has 0 radical (unpaired) electrons. The summed E-state index contributed by atoms with van der Waals surface area (Å²) < 4.78 is 1.65. The highest BCUT2D eigenvalue weighted by molar-refractivity contribution is 5.90. The fourth-order valence-electron chi connectivity index (χ4n) is 3.84. The molecule has 0 saturated heterocycles. The molecule has 1 N–H and O–H groups in total. The number of aromatic nitrogens is 3. The predicted molar refractivity (Wildman–Crippen MR) is 82.8 cm³/mol. The summed E-state index contributed by atoms with van der Waals surface area (Å²) in [5.74, 6) is 1.58. The number of carbonyl (C=O) groups excluding carboxylic acids is 1. The standard InChI is InChI=1S/C17H20N4O/c1-11-2-6-14(7-3-11)21-10-18-16(20-21)17(22)19-15-9-12-4-5-13(15)8-12/h2-3,6-7,10,12-13,15H,4-5,8-9H2,1H3,(H,19,22). The molecule has 114 valence electrons. The Morgan fingerprint density at radius 2 is 2.05 bits per heavy atom. The van der Waals surface area contributed by atoms with Crippen LogP contribution in [-0.4, -0.2) is 26.7 Å². The van der Waals surface area contributed by atoms with Gasteiger partial charge < -0.3 is 5.32 Å². The molecule has 4 rings (SSSR count). The lowest BCUT2D eigenvalue weighted by molar-refractivity contribution is 0.0912. The van der Waals surface area contributed by atoms with Gasteiger partial charge in [0, 0.05) is 6.04 Å². The summed E-state index contributed by atoms with van der Waals surface area (Å²) in [6.07, 6.45) is 6.57. The average Bonchev–Trinajstić information content (AvgIpc) is 3.24. The number of amides is 1. The normalized spacial score (nSPS) is 26.3. The van der Waals surface area contributed by atoms with E-state index in [0.717, 1.165) is 18.0 Å². The Labute approximate surface area is 129 Å². The molecule has 2 saturated carbocycles. The van der Waals surface area contributed by atoms with Crippen LogP contribution < -0.4 is 5.32 Å². The molecule has 2 aromatic rings. The molecule has 0 aliphatic heterocycles. The highest BCUT2D eigenvalue weighted by Crippen LogP contribution is 2.44. The van der Waals surface area contributed by atoms with Gasteiger partial charge in [0.05, 0.1) is 5.69 Å². The van der Waals surface area contributed by atoms with E-state index < -0.39 is 0 Å². The Morgan fingerprint density at radius 1 is 1.23 bits per heavy atom. The van der Waals surface area contributed by atoms with Gasteiger partial charge in [-0.15, -0.1) is 5.10 Å². The van der Waals surface area contributed by atoms with Crippen LogP contribution in [0.15, 0.2) is 30.6 Å².